The van der Waals surface area contributed by atoms with E-state index in [1.807, 2.05) is 48.5 Å². The molecular formula is C35H37N3O2. The molecule has 1 aromatic heterocycles. The molecule has 5 rings (SSSR count). The number of rotatable bonds is 12. The van der Waals surface area contributed by atoms with E-state index in [-0.39, 0.29) is 5.91 Å². The van der Waals surface area contributed by atoms with Gasteiger partial charge in [-0.2, -0.15) is 0 Å². The van der Waals surface area contributed by atoms with E-state index in [0.29, 0.717) is 25.5 Å². The van der Waals surface area contributed by atoms with E-state index in [4.69, 9.17) is 9.72 Å². The summed E-state index contributed by atoms with van der Waals surface area (Å²) in [5.74, 6) is 2.29. The summed E-state index contributed by atoms with van der Waals surface area (Å²) in [5.41, 5.74) is 6.65. The van der Waals surface area contributed by atoms with Gasteiger partial charge in [-0.3, -0.25) is 4.79 Å². The van der Waals surface area contributed by atoms with Gasteiger partial charge in [0.15, 0.2) is 0 Å². The maximum Gasteiger partial charge on any atom is 0.224 e. The van der Waals surface area contributed by atoms with Crippen LogP contribution in [0.15, 0.2) is 103 Å². The summed E-state index contributed by atoms with van der Waals surface area (Å²) in [7, 11) is 0. The minimum atomic E-state index is -0.0183. The lowest BCUT2D eigenvalue weighted by Crippen LogP contribution is -2.26. The Hall–Kier alpha value is -4.38. The van der Waals surface area contributed by atoms with Crippen LogP contribution < -0.4 is 10.1 Å². The van der Waals surface area contributed by atoms with Crippen LogP contribution in [-0.2, 0) is 24.3 Å². The van der Waals surface area contributed by atoms with Crippen LogP contribution >= 0.6 is 0 Å². The Labute approximate surface area is 236 Å². The van der Waals surface area contributed by atoms with Crippen molar-refractivity contribution in [1.82, 2.24) is 14.9 Å². The molecule has 0 saturated heterocycles. The van der Waals surface area contributed by atoms with Gasteiger partial charge >= 0.3 is 0 Å². The Morgan fingerprint density at radius 1 is 0.875 bits per heavy atom. The van der Waals surface area contributed by atoms with Crippen molar-refractivity contribution >= 4 is 16.9 Å². The largest absolute Gasteiger partial charge is 0.494 e. The predicted molar refractivity (Wildman–Crippen MR) is 162 cm³/mol. The summed E-state index contributed by atoms with van der Waals surface area (Å²) < 4.78 is 8.22. The topological polar surface area (TPSA) is 56.1 Å². The van der Waals surface area contributed by atoms with E-state index in [1.165, 1.54) is 11.1 Å². The number of hydrogen-bond acceptors (Lipinski definition) is 3. The molecular weight excluding hydrogens is 494 g/mol. The number of aryl methyl sites for hydroxylation is 1. The van der Waals surface area contributed by atoms with Gasteiger partial charge < -0.3 is 14.6 Å². The number of amides is 1. The van der Waals surface area contributed by atoms with E-state index < -0.39 is 0 Å². The fourth-order valence-corrected chi connectivity index (χ4v) is 4.92. The average Bonchev–Trinajstić information content (AvgIpc) is 3.36. The number of imidazole rings is 1. The SMILES string of the molecule is CCC(C)c1ccc(OCCCn2c(CNC(=O)Cc3ccc(-c4ccccc4)cc3)nc3ccccc32)cc1. The van der Waals surface area contributed by atoms with Gasteiger partial charge in [0.1, 0.15) is 11.6 Å². The molecule has 5 nitrogen and oxygen atoms in total. The van der Waals surface area contributed by atoms with E-state index in [0.717, 1.165) is 53.1 Å². The number of carbonyl (C=O) groups is 1. The number of aromatic nitrogens is 2. The van der Waals surface area contributed by atoms with Crippen LogP contribution in [0.5, 0.6) is 5.75 Å². The lowest BCUT2D eigenvalue weighted by Gasteiger charge is -2.12. The number of para-hydroxylation sites is 2. The molecule has 1 N–H and O–H groups in total. The van der Waals surface area contributed by atoms with E-state index in [9.17, 15) is 4.79 Å². The van der Waals surface area contributed by atoms with Crippen molar-refractivity contribution in [2.24, 2.45) is 0 Å². The second-order valence-electron chi connectivity index (χ2n) is 10.3. The van der Waals surface area contributed by atoms with Crippen LogP contribution in [-0.4, -0.2) is 22.1 Å². The summed E-state index contributed by atoms with van der Waals surface area (Å²) >= 11 is 0. The molecule has 0 spiro atoms. The van der Waals surface area contributed by atoms with E-state index in [2.05, 4.69) is 78.3 Å². The second kappa shape index (κ2) is 13.1. The first-order valence-corrected chi connectivity index (χ1v) is 14.2. The quantitative estimate of drug-likeness (QED) is 0.169. The fourth-order valence-electron chi connectivity index (χ4n) is 4.92. The smallest absolute Gasteiger partial charge is 0.224 e. The maximum absolute atomic E-state index is 12.8. The lowest BCUT2D eigenvalue weighted by molar-refractivity contribution is -0.120. The summed E-state index contributed by atoms with van der Waals surface area (Å²) in [6, 6.07) is 35.0. The highest BCUT2D eigenvalue weighted by atomic mass is 16.5. The minimum absolute atomic E-state index is 0.0183. The molecule has 1 unspecified atom stereocenters. The third kappa shape index (κ3) is 6.78. The Morgan fingerprint density at radius 3 is 2.33 bits per heavy atom. The zero-order valence-corrected chi connectivity index (χ0v) is 23.3. The highest BCUT2D eigenvalue weighted by Crippen LogP contribution is 2.22. The van der Waals surface area contributed by atoms with Gasteiger partial charge in [0.25, 0.3) is 0 Å². The molecule has 0 aliphatic heterocycles. The normalized spacial score (nSPS) is 11.8. The number of hydrogen-bond donors (Lipinski definition) is 1. The molecule has 0 aliphatic carbocycles. The zero-order valence-electron chi connectivity index (χ0n) is 23.3. The number of benzene rings is 4. The first-order chi connectivity index (χ1) is 19.6. The average molecular weight is 532 g/mol. The Morgan fingerprint density at radius 2 is 1.57 bits per heavy atom. The van der Waals surface area contributed by atoms with Crippen molar-refractivity contribution in [1.29, 1.82) is 0 Å². The van der Waals surface area contributed by atoms with Gasteiger partial charge in [-0.25, -0.2) is 4.98 Å². The predicted octanol–water partition coefficient (Wildman–Crippen LogP) is 7.54. The fraction of sp³-hybridized carbons (Fsp3) is 0.257. The molecule has 4 aromatic carbocycles. The van der Waals surface area contributed by atoms with Crippen molar-refractivity contribution < 1.29 is 9.53 Å². The van der Waals surface area contributed by atoms with Crippen molar-refractivity contribution in [2.75, 3.05) is 6.61 Å². The van der Waals surface area contributed by atoms with Crippen LogP contribution in [0, 0.1) is 0 Å². The van der Waals surface area contributed by atoms with Crippen LogP contribution in [0.25, 0.3) is 22.2 Å². The number of fused-ring (bicyclic) bond motifs is 1. The van der Waals surface area contributed by atoms with Crippen molar-refractivity contribution in [3.63, 3.8) is 0 Å². The number of nitrogens with zero attached hydrogens (tertiary/aromatic N) is 2. The van der Waals surface area contributed by atoms with Gasteiger partial charge in [0.2, 0.25) is 5.91 Å². The van der Waals surface area contributed by atoms with Crippen LogP contribution in [0.4, 0.5) is 0 Å². The lowest BCUT2D eigenvalue weighted by atomic mass is 9.99. The van der Waals surface area contributed by atoms with Crippen molar-refractivity contribution in [2.45, 2.75) is 52.1 Å². The van der Waals surface area contributed by atoms with Crippen LogP contribution in [0.1, 0.15) is 49.6 Å². The molecule has 0 radical (unpaired) electrons. The summed E-state index contributed by atoms with van der Waals surface area (Å²) in [6.45, 7) is 6.21. The molecule has 0 saturated carbocycles. The van der Waals surface area contributed by atoms with Crippen LogP contribution in [0.2, 0.25) is 0 Å². The summed E-state index contributed by atoms with van der Waals surface area (Å²) in [4.78, 5) is 17.6. The number of carbonyl (C=O) groups excluding carboxylic acids is 1. The molecule has 40 heavy (non-hydrogen) atoms. The zero-order chi connectivity index (χ0) is 27.7. The standard InChI is InChI=1S/C35H37N3O2/c1-3-26(2)28-18-20-31(21-19-28)40-23-9-22-38-33-13-8-7-12-32(33)37-34(38)25-36-35(39)24-27-14-16-30(17-15-27)29-10-5-4-6-11-29/h4-8,10-21,26H,3,9,22-25H2,1-2H3,(H,36,39). The molecule has 0 fully saturated rings. The van der Waals surface area contributed by atoms with Gasteiger partial charge in [-0.05, 0) is 65.3 Å². The Balaban J connectivity index is 1.16. The van der Waals surface area contributed by atoms with Crippen LogP contribution in [0.3, 0.4) is 0 Å². The van der Waals surface area contributed by atoms with E-state index in [1.54, 1.807) is 0 Å². The van der Waals surface area contributed by atoms with Crippen molar-refractivity contribution in [3.05, 3.63) is 120 Å². The maximum atomic E-state index is 12.8. The third-order valence-corrected chi connectivity index (χ3v) is 7.46. The number of ether oxygens (including phenoxy) is 1. The Kier molecular flexibility index (Phi) is 8.92. The number of nitrogens with one attached hydrogen (secondary N) is 1. The molecule has 0 bridgehead atoms. The third-order valence-electron chi connectivity index (χ3n) is 7.46. The Bertz CT molecular complexity index is 1520. The van der Waals surface area contributed by atoms with E-state index >= 15 is 0 Å². The van der Waals surface area contributed by atoms with Gasteiger partial charge in [0.05, 0.1) is 30.6 Å². The first kappa shape index (κ1) is 27.2. The van der Waals surface area contributed by atoms with Gasteiger partial charge in [-0.15, -0.1) is 0 Å². The molecule has 5 heteroatoms. The van der Waals surface area contributed by atoms with Gasteiger partial charge in [-0.1, -0.05) is 92.7 Å². The highest BCUT2D eigenvalue weighted by molar-refractivity contribution is 5.79. The first-order valence-electron chi connectivity index (χ1n) is 14.2. The second-order valence-corrected chi connectivity index (χ2v) is 10.3. The molecule has 1 amide bonds. The minimum Gasteiger partial charge on any atom is -0.494 e. The molecule has 1 atom stereocenters. The summed E-state index contributed by atoms with van der Waals surface area (Å²) in [6.07, 6.45) is 2.30. The molecule has 204 valence electrons. The highest BCUT2D eigenvalue weighted by Gasteiger charge is 2.12. The molecule has 5 aromatic rings. The van der Waals surface area contributed by atoms with Gasteiger partial charge in [0, 0.05) is 6.54 Å². The van der Waals surface area contributed by atoms with Crippen molar-refractivity contribution in [3.8, 4) is 16.9 Å². The summed E-state index contributed by atoms with van der Waals surface area (Å²) in [5, 5.41) is 3.08. The molecule has 1 heterocycles. The molecule has 0 aliphatic rings. The monoisotopic (exact) mass is 531 g/mol.